The van der Waals surface area contributed by atoms with Crippen molar-refractivity contribution in [3.8, 4) is 5.75 Å². The average Bonchev–Trinajstić information content (AvgIpc) is 2.25. The van der Waals surface area contributed by atoms with E-state index in [-0.39, 0.29) is 17.3 Å². The molecular formula is C18H28O2. The summed E-state index contributed by atoms with van der Waals surface area (Å²) < 4.78 is 12.1. The normalized spacial score (nSPS) is 13.9. The predicted octanol–water partition coefficient (Wildman–Crippen LogP) is 5.29. The second-order valence-corrected chi connectivity index (χ2v) is 7.35. The summed E-state index contributed by atoms with van der Waals surface area (Å²) in [6.45, 7) is 18.4. The number of benzene rings is 1. The summed E-state index contributed by atoms with van der Waals surface area (Å²) in [5.41, 5.74) is 1.84. The molecule has 0 spiro atoms. The molecule has 20 heavy (non-hydrogen) atoms. The monoisotopic (exact) mass is 276 g/mol. The third-order valence-corrected chi connectivity index (χ3v) is 2.76. The van der Waals surface area contributed by atoms with Gasteiger partial charge in [0, 0.05) is 5.41 Å². The van der Waals surface area contributed by atoms with Crippen LogP contribution >= 0.6 is 0 Å². The Balaban J connectivity index is 2.87. The lowest BCUT2D eigenvalue weighted by molar-refractivity contribution is -0.196. The molecule has 0 saturated carbocycles. The van der Waals surface area contributed by atoms with Gasteiger partial charge < -0.3 is 9.47 Å². The first-order valence-electron chi connectivity index (χ1n) is 7.09. The molecule has 0 aliphatic rings. The van der Waals surface area contributed by atoms with Crippen molar-refractivity contribution in [2.75, 3.05) is 0 Å². The predicted molar refractivity (Wildman–Crippen MR) is 85.9 cm³/mol. The Bertz CT molecular complexity index is 444. The van der Waals surface area contributed by atoms with Crippen molar-refractivity contribution in [3.63, 3.8) is 0 Å². The summed E-state index contributed by atoms with van der Waals surface area (Å²) in [4.78, 5) is 0. The maximum atomic E-state index is 6.04. The van der Waals surface area contributed by atoms with Crippen molar-refractivity contribution in [1.29, 1.82) is 0 Å². The molecule has 1 rings (SSSR count). The van der Waals surface area contributed by atoms with Crippen molar-refractivity contribution in [3.05, 3.63) is 36.4 Å². The third-order valence-electron chi connectivity index (χ3n) is 2.76. The van der Waals surface area contributed by atoms with Gasteiger partial charge in [-0.15, -0.1) is 0 Å². The zero-order valence-corrected chi connectivity index (χ0v) is 13.9. The molecule has 0 heterocycles. The molecule has 112 valence electrons. The highest BCUT2D eigenvalue weighted by atomic mass is 16.7. The highest BCUT2D eigenvalue weighted by molar-refractivity contribution is 5.61. The van der Waals surface area contributed by atoms with E-state index in [1.807, 2.05) is 52.0 Å². The Labute approximate surface area is 123 Å². The summed E-state index contributed by atoms with van der Waals surface area (Å²) in [6.07, 6.45) is -0.293. The number of ether oxygens (including phenoxy) is 2. The van der Waals surface area contributed by atoms with Crippen LogP contribution in [0.25, 0.3) is 5.57 Å². The lowest BCUT2D eigenvalue weighted by Crippen LogP contribution is -2.40. The number of hydrogen-bond acceptors (Lipinski definition) is 2. The quantitative estimate of drug-likeness (QED) is 0.696. The summed E-state index contributed by atoms with van der Waals surface area (Å²) in [6, 6.07) is 7.98. The van der Waals surface area contributed by atoms with Crippen LogP contribution in [0.15, 0.2) is 30.8 Å². The lowest BCUT2D eigenvalue weighted by atomic mass is 9.95. The molecule has 0 fully saturated rings. The molecule has 0 bridgehead atoms. The van der Waals surface area contributed by atoms with Gasteiger partial charge in [0.1, 0.15) is 5.75 Å². The minimum absolute atomic E-state index is 0.0969. The first-order chi connectivity index (χ1) is 8.99. The molecule has 0 aliphatic carbocycles. The summed E-state index contributed by atoms with van der Waals surface area (Å²) in [5.74, 6) is 0.819. The van der Waals surface area contributed by atoms with Gasteiger partial charge in [0.25, 0.3) is 0 Å². The van der Waals surface area contributed by atoms with E-state index in [1.54, 1.807) is 0 Å². The lowest BCUT2D eigenvalue weighted by Gasteiger charge is -2.36. The van der Waals surface area contributed by atoms with E-state index in [9.17, 15) is 0 Å². The molecule has 0 N–H and O–H groups in total. The molecule has 0 amide bonds. The van der Waals surface area contributed by atoms with Gasteiger partial charge in [-0.3, -0.25) is 0 Å². The van der Waals surface area contributed by atoms with Gasteiger partial charge in [0.2, 0.25) is 6.29 Å². The third kappa shape index (κ3) is 5.38. The average molecular weight is 276 g/mol. The van der Waals surface area contributed by atoms with Crippen LogP contribution < -0.4 is 4.74 Å². The second kappa shape index (κ2) is 6.01. The van der Waals surface area contributed by atoms with Gasteiger partial charge in [-0.05, 0) is 45.4 Å². The van der Waals surface area contributed by atoms with Crippen LogP contribution in [0.1, 0.15) is 54.0 Å². The zero-order valence-electron chi connectivity index (χ0n) is 13.9. The number of hydrogen-bond donors (Lipinski definition) is 0. The van der Waals surface area contributed by atoms with Crippen LogP contribution in [0.5, 0.6) is 5.75 Å². The van der Waals surface area contributed by atoms with Crippen LogP contribution in [0.3, 0.4) is 0 Å². The molecule has 1 unspecified atom stereocenters. The standard InChI is InChI=1S/C18H28O2/c1-13(2)14-9-11-15(12-10-14)19-16(17(3,4)5)20-18(6,7)8/h9-12,16H,1H2,2-8H3. The van der Waals surface area contributed by atoms with E-state index in [4.69, 9.17) is 9.47 Å². The van der Waals surface area contributed by atoms with E-state index < -0.39 is 0 Å². The fraction of sp³-hybridized carbons (Fsp3) is 0.556. The van der Waals surface area contributed by atoms with Crippen molar-refractivity contribution in [2.24, 2.45) is 5.41 Å². The molecule has 0 aromatic heterocycles. The smallest absolute Gasteiger partial charge is 0.205 e. The van der Waals surface area contributed by atoms with E-state index in [0.29, 0.717) is 0 Å². The maximum Gasteiger partial charge on any atom is 0.205 e. The fourth-order valence-corrected chi connectivity index (χ4v) is 1.64. The molecular weight excluding hydrogens is 248 g/mol. The first-order valence-corrected chi connectivity index (χ1v) is 7.09. The minimum Gasteiger partial charge on any atom is -0.464 e. The molecule has 1 atom stereocenters. The zero-order chi connectivity index (χ0) is 15.6. The Morgan fingerprint density at radius 3 is 1.85 bits per heavy atom. The number of rotatable bonds is 4. The maximum absolute atomic E-state index is 6.04. The van der Waals surface area contributed by atoms with E-state index in [0.717, 1.165) is 16.9 Å². The van der Waals surface area contributed by atoms with Gasteiger partial charge >= 0.3 is 0 Å². The van der Waals surface area contributed by atoms with Crippen LogP contribution in [-0.4, -0.2) is 11.9 Å². The van der Waals surface area contributed by atoms with Crippen LogP contribution in [0.2, 0.25) is 0 Å². The Morgan fingerprint density at radius 1 is 1.00 bits per heavy atom. The Morgan fingerprint density at radius 2 is 1.50 bits per heavy atom. The second-order valence-electron chi connectivity index (χ2n) is 7.35. The topological polar surface area (TPSA) is 18.5 Å². The molecule has 1 aromatic carbocycles. The SMILES string of the molecule is C=C(C)c1ccc(OC(OC(C)(C)C)C(C)(C)C)cc1. The molecule has 0 radical (unpaired) electrons. The van der Waals surface area contributed by atoms with E-state index in [2.05, 4.69) is 27.4 Å². The van der Waals surface area contributed by atoms with Gasteiger partial charge in [0.05, 0.1) is 5.60 Å². The Hall–Kier alpha value is -1.28. The van der Waals surface area contributed by atoms with E-state index >= 15 is 0 Å². The van der Waals surface area contributed by atoms with Crippen molar-refractivity contribution < 1.29 is 9.47 Å². The highest BCUT2D eigenvalue weighted by Crippen LogP contribution is 2.29. The summed E-state index contributed by atoms with van der Waals surface area (Å²) in [7, 11) is 0. The van der Waals surface area contributed by atoms with Gasteiger partial charge in [-0.2, -0.15) is 0 Å². The molecule has 2 heteroatoms. The first kappa shape index (κ1) is 16.8. The van der Waals surface area contributed by atoms with Crippen molar-refractivity contribution >= 4 is 5.57 Å². The van der Waals surface area contributed by atoms with Crippen molar-refractivity contribution in [1.82, 2.24) is 0 Å². The van der Waals surface area contributed by atoms with Gasteiger partial charge in [-0.25, -0.2) is 0 Å². The fourth-order valence-electron chi connectivity index (χ4n) is 1.64. The van der Waals surface area contributed by atoms with Crippen LogP contribution in [0.4, 0.5) is 0 Å². The van der Waals surface area contributed by atoms with Gasteiger partial charge in [-0.1, -0.05) is 45.1 Å². The molecule has 0 aliphatic heterocycles. The molecule has 2 nitrogen and oxygen atoms in total. The summed E-state index contributed by atoms with van der Waals surface area (Å²) >= 11 is 0. The largest absolute Gasteiger partial charge is 0.464 e. The number of allylic oxidation sites excluding steroid dienone is 1. The van der Waals surface area contributed by atoms with Crippen LogP contribution in [-0.2, 0) is 4.74 Å². The minimum atomic E-state index is -0.293. The van der Waals surface area contributed by atoms with Crippen molar-refractivity contribution in [2.45, 2.75) is 60.4 Å². The highest BCUT2D eigenvalue weighted by Gasteiger charge is 2.31. The van der Waals surface area contributed by atoms with E-state index in [1.165, 1.54) is 0 Å². The molecule has 0 saturated heterocycles. The Kier molecular flexibility index (Phi) is 5.04. The van der Waals surface area contributed by atoms with Gasteiger partial charge in [0.15, 0.2) is 0 Å². The molecule has 1 aromatic rings. The van der Waals surface area contributed by atoms with Crippen LogP contribution in [0, 0.1) is 5.41 Å². The summed E-state index contributed by atoms with van der Waals surface area (Å²) in [5, 5.41) is 0.